The SMILES string of the molecule is NC1(c2noc(CCSc3ccccc3)n2)CCC1. The van der Waals surface area contributed by atoms with Gasteiger partial charge in [0, 0.05) is 17.1 Å². The molecule has 3 rings (SSSR count). The van der Waals surface area contributed by atoms with Crippen molar-refractivity contribution in [3.8, 4) is 0 Å². The minimum Gasteiger partial charge on any atom is -0.339 e. The molecule has 0 spiro atoms. The third kappa shape index (κ3) is 2.82. The average Bonchev–Trinajstić information content (AvgIpc) is 2.86. The van der Waals surface area contributed by atoms with Crippen molar-refractivity contribution in [3.63, 3.8) is 0 Å². The summed E-state index contributed by atoms with van der Waals surface area (Å²) in [6.45, 7) is 0. The summed E-state index contributed by atoms with van der Waals surface area (Å²) >= 11 is 1.79. The molecule has 1 saturated carbocycles. The third-order valence-electron chi connectivity index (χ3n) is 3.49. The number of hydrogen-bond donors (Lipinski definition) is 1. The zero-order chi connectivity index (χ0) is 13.1. The van der Waals surface area contributed by atoms with Crippen LogP contribution in [-0.2, 0) is 12.0 Å². The second kappa shape index (κ2) is 5.35. The molecule has 2 aromatic rings. The van der Waals surface area contributed by atoms with Crippen LogP contribution in [-0.4, -0.2) is 15.9 Å². The van der Waals surface area contributed by atoms with E-state index in [9.17, 15) is 0 Å². The molecule has 0 radical (unpaired) electrons. The summed E-state index contributed by atoms with van der Waals surface area (Å²) in [5, 5.41) is 4.02. The first kappa shape index (κ1) is 12.7. The molecule has 19 heavy (non-hydrogen) atoms. The highest BCUT2D eigenvalue weighted by molar-refractivity contribution is 7.99. The van der Waals surface area contributed by atoms with E-state index in [0.29, 0.717) is 11.7 Å². The summed E-state index contributed by atoms with van der Waals surface area (Å²) in [5.41, 5.74) is 5.84. The maximum atomic E-state index is 6.17. The molecule has 0 unspecified atom stereocenters. The van der Waals surface area contributed by atoms with Gasteiger partial charge in [0.1, 0.15) is 0 Å². The summed E-state index contributed by atoms with van der Waals surface area (Å²) in [6, 6.07) is 10.3. The molecule has 1 aromatic carbocycles. The monoisotopic (exact) mass is 275 g/mol. The number of aryl methyl sites for hydroxylation is 1. The standard InChI is InChI=1S/C14H17N3OS/c15-14(8-4-9-14)13-16-12(18-17-13)7-10-19-11-5-2-1-3-6-11/h1-3,5-6H,4,7-10,15H2. The smallest absolute Gasteiger partial charge is 0.227 e. The number of thioether (sulfide) groups is 1. The summed E-state index contributed by atoms with van der Waals surface area (Å²) in [4.78, 5) is 5.68. The molecule has 5 heteroatoms. The van der Waals surface area contributed by atoms with Gasteiger partial charge in [-0.2, -0.15) is 4.98 Å². The Balaban J connectivity index is 1.53. The van der Waals surface area contributed by atoms with Crippen molar-refractivity contribution < 1.29 is 4.52 Å². The Labute approximate surface area is 116 Å². The third-order valence-corrected chi connectivity index (χ3v) is 4.50. The normalized spacial score (nSPS) is 17.1. The molecule has 0 amide bonds. The largest absolute Gasteiger partial charge is 0.339 e. The number of nitrogens with two attached hydrogens (primary N) is 1. The van der Waals surface area contributed by atoms with Gasteiger partial charge in [-0.1, -0.05) is 23.4 Å². The molecule has 100 valence electrons. The van der Waals surface area contributed by atoms with E-state index < -0.39 is 0 Å². The second-order valence-electron chi connectivity index (χ2n) is 4.93. The fourth-order valence-corrected chi connectivity index (χ4v) is 2.97. The van der Waals surface area contributed by atoms with Crippen LogP contribution >= 0.6 is 11.8 Å². The molecule has 0 saturated heterocycles. The molecular weight excluding hydrogens is 258 g/mol. The average molecular weight is 275 g/mol. The van der Waals surface area contributed by atoms with Gasteiger partial charge in [-0.15, -0.1) is 11.8 Å². The van der Waals surface area contributed by atoms with E-state index in [2.05, 4.69) is 22.3 Å². The fourth-order valence-electron chi connectivity index (χ4n) is 2.11. The van der Waals surface area contributed by atoms with E-state index in [1.54, 1.807) is 11.8 Å². The summed E-state index contributed by atoms with van der Waals surface area (Å²) in [6.07, 6.45) is 3.86. The Morgan fingerprint density at radius 3 is 2.74 bits per heavy atom. The van der Waals surface area contributed by atoms with Crippen molar-refractivity contribution in [1.82, 2.24) is 10.1 Å². The van der Waals surface area contributed by atoms with Crippen LogP contribution in [0.25, 0.3) is 0 Å². The molecule has 1 aromatic heterocycles. The number of nitrogens with zero attached hydrogens (tertiary/aromatic N) is 2. The first-order valence-electron chi connectivity index (χ1n) is 6.56. The van der Waals surface area contributed by atoms with Crippen molar-refractivity contribution in [2.45, 2.75) is 36.1 Å². The minimum atomic E-state index is -0.325. The Bertz CT molecular complexity index is 537. The van der Waals surface area contributed by atoms with Crippen molar-refractivity contribution in [2.24, 2.45) is 5.73 Å². The summed E-state index contributed by atoms with van der Waals surface area (Å²) in [5.74, 6) is 2.30. The lowest BCUT2D eigenvalue weighted by Gasteiger charge is -2.34. The molecule has 1 aliphatic rings. The number of benzene rings is 1. The van der Waals surface area contributed by atoms with Crippen LogP contribution in [0.3, 0.4) is 0 Å². The molecule has 0 aliphatic heterocycles. The highest BCUT2D eigenvalue weighted by Gasteiger charge is 2.38. The van der Waals surface area contributed by atoms with E-state index >= 15 is 0 Å². The van der Waals surface area contributed by atoms with Gasteiger partial charge >= 0.3 is 0 Å². The van der Waals surface area contributed by atoms with Crippen molar-refractivity contribution in [1.29, 1.82) is 0 Å². The van der Waals surface area contributed by atoms with Gasteiger partial charge in [-0.05, 0) is 31.4 Å². The second-order valence-corrected chi connectivity index (χ2v) is 6.10. The Morgan fingerprint density at radius 1 is 1.26 bits per heavy atom. The fraction of sp³-hybridized carbons (Fsp3) is 0.429. The lowest BCUT2D eigenvalue weighted by atomic mass is 9.77. The van der Waals surface area contributed by atoms with Gasteiger partial charge in [-0.25, -0.2) is 0 Å². The Kier molecular flexibility index (Phi) is 3.57. The van der Waals surface area contributed by atoms with Gasteiger partial charge < -0.3 is 10.3 Å². The lowest BCUT2D eigenvalue weighted by Crippen LogP contribution is -2.44. The van der Waals surface area contributed by atoms with Gasteiger partial charge in [0.25, 0.3) is 0 Å². The minimum absolute atomic E-state index is 0.325. The van der Waals surface area contributed by atoms with E-state index in [0.717, 1.165) is 31.4 Å². The van der Waals surface area contributed by atoms with Crippen LogP contribution in [0.15, 0.2) is 39.8 Å². The van der Waals surface area contributed by atoms with Crippen LogP contribution in [0.5, 0.6) is 0 Å². The van der Waals surface area contributed by atoms with Gasteiger partial charge in [0.2, 0.25) is 5.89 Å². The molecule has 0 bridgehead atoms. The van der Waals surface area contributed by atoms with Crippen LogP contribution < -0.4 is 5.73 Å². The molecule has 1 fully saturated rings. The predicted octanol–water partition coefficient (Wildman–Crippen LogP) is 2.74. The Morgan fingerprint density at radius 2 is 2.05 bits per heavy atom. The maximum Gasteiger partial charge on any atom is 0.227 e. The first-order valence-corrected chi connectivity index (χ1v) is 7.55. The van der Waals surface area contributed by atoms with E-state index in [-0.39, 0.29) is 5.54 Å². The van der Waals surface area contributed by atoms with Crippen LogP contribution in [0.4, 0.5) is 0 Å². The van der Waals surface area contributed by atoms with E-state index in [1.165, 1.54) is 4.90 Å². The van der Waals surface area contributed by atoms with E-state index in [4.69, 9.17) is 10.3 Å². The number of rotatable bonds is 5. The maximum absolute atomic E-state index is 6.17. The number of hydrogen-bond acceptors (Lipinski definition) is 5. The zero-order valence-electron chi connectivity index (χ0n) is 10.7. The van der Waals surface area contributed by atoms with Crippen molar-refractivity contribution >= 4 is 11.8 Å². The quantitative estimate of drug-likeness (QED) is 0.850. The van der Waals surface area contributed by atoms with Crippen molar-refractivity contribution in [2.75, 3.05) is 5.75 Å². The van der Waals surface area contributed by atoms with Crippen LogP contribution in [0.2, 0.25) is 0 Å². The highest BCUT2D eigenvalue weighted by atomic mass is 32.2. The molecule has 4 nitrogen and oxygen atoms in total. The Hall–Kier alpha value is -1.33. The van der Waals surface area contributed by atoms with Gasteiger partial charge in [-0.3, -0.25) is 0 Å². The lowest BCUT2D eigenvalue weighted by molar-refractivity contribution is 0.229. The molecular formula is C14H17N3OS. The topological polar surface area (TPSA) is 64.9 Å². The molecule has 0 atom stereocenters. The molecule has 2 N–H and O–H groups in total. The summed E-state index contributed by atoms with van der Waals surface area (Å²) < 4.78 is 5.27. The molecule has 1 aliphatic carbocycles. The van der Waals surface area contributed by atoms with Crippen molar-refractivity contribution in [3.05, 3.63) is 42.0 Å². The molecule has 1 heterocycles. The zero-order valence-corrected chi connectivity index (χ0v) is 11.5. The number of aromatic nitrogens is 2. The van der Waals surface area contributed by atoms with E-state index in [1.807, 2.05) is 18.2 Å². The predicted molar refractivity (Wildman–Crippen MR) is 74.9 cm³/mol. The van der Waals surface area contributed by atoms with Gasteiger partial charge in [0.05, 0.1) is 5.54 Å². The first-order chi connectivity index (χ1) is 9.26. The van der Waals surface area contributed by atoms with Gasteiger partial charge in [0.15, 0.2) is 5.82 Å². The highest BCUT2D eigenvalue weighted by Crippen LogP contribution is 2.36. The van der Waals surface area contributed by atoms with Crippen LogP contribution in [0, 0.1) is 0 Å². The van der Waals surface area contributed by atoms with Crippen LogP contribution in [0.1, 0.15) is 31.0 Å². The summed E-state index contributed by atoms with van der Waals surface area (Å²) in [7, 11) is 0.